The quantitative estimate of drug-likeness (QED) is 0.605. The molecule has 0 saturated carbocycles. The van der Waals surface area contributed by atoms with Crippen LogP contribution in [0.1, 0.15) is 0 Å². The summed E-state index contributed by atoms with van der Waals surface area (Å²) in [6.45, 7) is 0. The van der Waals surface area contributed by atoms with Gasteiger partial charge in [0.1, 0.15) is 5.76 Å². The van der Waals surface area contributed by atoms with Crippen LogP contribution in [0.25, 0.3) is 0 Å². The zero-order valence-electron chi connectivity index (χ0n) is 6.57. The largest absolute Gasteiger partial charge is 0.497 e. The Hall–Kier alpha value is -1.16. The van der Waals surface area contributed by atoms with Gasteiger partial charge in [0, 0.05) is 0 Å². The minimum Gasteiger partial charge on any atom is -0.497 e. The lowest BCUT2D eigenvalue weighted by molar-refractivity contribution is 0.304. The molecule has 0 bridgehead atoms. The van der Waals surface area contributed by atoms with Crippen LogP contribution in [-0.2, 0) is 4.74 Å². The molecular formula is C8H8N2OS. The van der Waals surface area contributed by atoms with E-state index < -0.39 is 0 Å². The predicted molar refractivity (Wildman–Crippen MR) is 51.2 cm³/mol. The molecule has 0 amide bonds. The molecule has 1 unspecified atom stereocenters. The van der Waals surface area contributed by atoms with Crippen molar-refractivity contribution in [3.63, 3.8) is 0 Å². The fraction of sp³-hybridized carbons (Fsp3) is 0.250. The molecule has 1 aliphatic carbocycles. The van der Waals surface area contributed by atoms with Gasteiger partial charge < -0.3 is 10.1 Å². The highest BCUT2D eigenvalue weighted by Gasteiger charge is 2.22. The van der Waals surface area contributed by atoms with E-state index in [1.54, 1.807) is 7.11 Å². The Balaban J connectivity index is 2.28. The van der Waals surface area contributed by atoms with E-state index in [2.05, 4.69) is 10.3 Å². The standard InChI is InChI=1S/C8H8N2OS/c1-11-5-2-3-6-7(4-5)10-8(12)9-6/h2-4,7H,1H3,(H,10,12). The molecule has 1 atom stereocenters. The SMILES string of the molecule is COC1=CC2NC(=S)N=C2C=C1. The van der Waals surface area contributed by atoms with Crippen molar-refractivity contribution in [3.05, 3.63) is 24.0 Å². The Morgan fingerprint density at radius 1 is 1.58 bits per heavy atom. The van der Waals surface area contributed by atoms with Gasteiger partial charge in [0.25, 0.3) is 0 Å². The Labute approximate surface area is 75.8 Å². The second-order valence-corrected chi connectivity index (χ2v) is 2.96. The first kappa shape index (κ1) is 7.49. The van der Waals surface area contributed by atoms with E-state index in [1.165, 1.54) is 0 Å². The first-order valence-electron chi connectivity index (χ1n) is 3.62. The summed E-state index contributed by atoms with van der Waals surface area (Å²) in [7, 11) is 1.64. The number of nitrogens with zero attached hydrogens (tertiary/aromatic N) is 1. The molecule has 0 aromatic carbocycles. The summed E-state index contributed by atoms with van der Waals surface area (Å²) >= 11 is 4.91. The molecule has 1 aliphatic heterocycles. The lowest BCUT2D eigenvalue weighted by atomic mass is 10.1. The topological polar surface area (TPSA) is 33.6 Å². The second-order valence-electron chi connectivity index (χ2n) is 2.57. The average molecular weight is 180 g/mol. The van der Waals surface area contributed by atoms with Gasteiger partial charge in [-0.1, -0.05) is 0 Å². The van der Waals surface area contributed by atoms with Crippen molar-refractivity contribution in [2.45, 2.75) is 6.04 Å². The summed E-state index contributed by atoms with van der Waals surface area (Å²) in [5, 5.41) is 3.59. The zero-order valence-corrected chi connectivity index (χ0v) is 7.39. The van der Waals surface area contributed by atoms with Crippen molar-refractivity contribution >= 4 is 23.0 Å². The summed E-state index contributed by atoms with van der Waals surface area (Å²) < 4.78 is 5.07. The number of allylic oxidation sites excluding steroid dienone is 1. The van der Waals surface area contributed by atoms with Crippen LogP contribution in [-0.4, -0.2) is 24.0 Å². The highest BCUT2D eigenvalue weighted by molar-refractivity contribution is 7.80. The van der Waals surface area contributed by atoms with Gasteiger partial charge in [-0.05, 0) is 30.4 Å². The van der Waals surface area contributed by atoms with Gasteiger partial charge >= 0.3 is 0 Å². The monoisotopic (exact) mass is 180 g/mol. The van der Waals surface area contributed by atoms with Crippen LogP contribution in [0.2, 0.25) is 0 Å². The summed E-state index contributed by atoms with van der Waals surface area (Å²) in [4.78, 5) is 4.13. The molecule has 1 heterocycles. The fourth-order valence-corrected chi connectivity index (χ4v) is 1.45. The van der Waals surface area contributed by atoms with Crippen molar-refractivity contribution in [3.8, 4) is 0 Å². The highest BCUT2D eigenvalue weighted by Crippen LogP contribution is 2.13. The third-order valence-corrected chi connectivity index (χ3v) is 2.02. The molecule has 0 saturated heterocycles. The molecule has 0 fully saturated rings. The first-order valence-corrected chi connectivity index (χ1v) is 4.03. The maximum Gasteiger partial charge on any atom is 0.193 e. The van der Waals surface area contributed by atoms with E-state index in [0.717, 1.165) is 11.5 Å². The van der Waals surface area contributed by atoms with Crippen molar-refractivity contribution in [2.24, 2.45) is 4.99 Å². The molecule has 2 rings (SSSR count). The van der Waals surface area contributed by atoms with Gasteiger partial charge in [-0.15, -0.1) is 0 Å². The number of nitrogens with one attached hydrogen (secondary N) is 1. The number of fused-ring (bicyclic) bond motifs is 1. The van der Waals surface area contributed by atoms with E-state index >= 15 is 0 Å². The lowest BCUT2D eigenvalue weighted by Gasteiger charge is -2.12. The third-order valence-electron chi connectivity index (χ3n) is 1.81. The average Bonchev–Trinajstić information content (AvgIpc) is 2.43. The molecule has 62 valence electrons. The Bertz CT molecular complexity index is 317. The molecule has 2 aliphatic rings. The van der Waals surface area contributed by atoms with Gasteiger partial charge in [0.2, 0.25) is 0 Å². The number of hydrogen-bond acceptors (Lipinski definition) is 2. The maximum absolute atomic E-state index is 5.07. The van der Waals surface area contributed by atoms with Crippen LogP contribution in [0.3, 0.4) is 0 Å². The van der Waals surface area contributed by atoms with E-state index in [0.29, 0.717) is 5.11 Å². The number of ether oxygens (including phenoxy) is 1. The summed E-state index contributed by atoms with van der Waals surface area (Å²) in [5.74, 6) is 0.844. The summed E-state index contributed by atoms with van der Waals surface area (Å²) in [6, 6.07) is 0.109. The minimum absolute atomic E-state index is 0.109. The van der Waals surface area contributed by atoms with Gasteiger partial charge in [0.15, 0.2) is 5.11 Å². The smallest absolute Gasteiger partial charge is 0.193 e. The van der Waals surface area contributed by atoms with Crippen LogP contribution < -0.4 is 5.32 Å². The molecule has 0 aromatic heterocycles. The van der Waals surface area contributed by atoms with E-state index in [9.17, 15) is 0 Å². The van der Waals surface area contributed by atoms with Crippen molar-refractivity contribution in [1.29, 1.82) is 0 Å². The Kier molecular flexibility index (Phi) is 1.69. The molecule has 0 spiro atoms. The molecule has 4 heteroatoms. The van der Waals surface area contributed by atoms with E-state index in [4.69, 9.17) is 17.0 Å². The van der Waals surface area contributed by atoms with Gasteiger partial charge in [0.05, 0.1) is 18.9 Å². The molecule has 1 N–H and O–H groups in total. The second kappa shape index (κ2) is 2.71. The fourth-order valence-electron chi connectivity index (χ4n) is 1.22. The van der Waals surface area contributed by atoms with E-state index in [-0.39, 0.29) is 6.04 Å². The van der Waals surface area contributed by atoms with E-state index in [1.807, 2.05) is 18.2 Å². The predicted octanol–water partition coefficient (Wildman–Crippen LogP) is 0.784. The normalized spacial score (nSPS) is 25.8. The summed E-state index contributed by atoms with van der Waals surface area (Å²) in [6.07, 6.45) is 5.75. The lowest BCUT2D eigenvalue weighted by Crippen LogP contribution is -2.30. The van der Waals surface area contributed by atoms with Crippen molar-refractivity contribution < 1.29 is 4.74 Å². The number of methoxy groups -OCH3 is 1. The van der Waals surface area contributed by atoms with Crippen LogP contribution >= 0.6 is 12.2 Å². The number of hydrogen-bond donors (Lipinski definition) is 1. The number of aliphatic imine (C=N–C) groups is 1. The van der Waals surface area contributed by atoms with Crippen LogP contribution in [0, 0.1) is 0 Å². The molecule has 0 aromatic rings. The van der Waals surface area contributed by atoms with Gasteiger partial charge in [-0.25, -0.2) is 4.99 Å². The number of rotatable bonds is 1. The molecular weight excluding hydrogens is 172 g/mol. The Morgan fingerprint density at radius 3 is 3.17 bits per heavy atom. The Morgan fingerprint density at radius 2 is 2.42 bits per heavy atom. The third kappa shape index (κ3) is 1.14. The minimum atomic E-state index is 0.109. The van der Waals surface area contributed by atoms with Crippen LogP contribution in [0.4, 0.5) is 0 Å². The van der Waals surface area contributed by atoms with Crippen molar-refractivity contribution in [1.82, 2.24) is 5.32 Å². The number of thiocarbonyl (C=S) groups is 1. The van der Waals surface area contributed by atoms with Gasteiger partial charge in [-0.2, -0.15) is 0 Å². The molecule has 0 radical (unpaired) electrons. The highest BCUT2D eigenvalue weighted by atomic mass is 32.1. The molecule has 3 nitrogen and oxygen atoms in total. The molecule has 12 heavy (non-hydrogen) atoms. The van der Waals surface area contributed by atoms with Crippen LogP contribution in [0.5, 0.6) is 0 Å². The van der Waals surface area contributed by atoms with Gasteiger partial charge in [-0.3, -0.25) is 0 Å². The summed E-state index contributed by atoms with van der Waals surface area (Å²) in [5.41, 5.74) is 0.959. The van der Waals surface area contributed by atoms with Crippen molar-refractivity contribution in [2.75, 3.05) is 7.11 Å². The zero-order chi connectivity index (χ0) is 8.55. The maximum atomic E-state index is 5.07. The first-order chi connectivity index (χ1) is 5.79. The van der Waals surface area contributed by atoms with Crippen LogP contribution in [0.15, 0.2) is 29.0 Å².